The van der Waals surface area contributed by atoms with Crippen LogP contribution in [0.1, 0.15) is 18.4 Å². The number of hydrogen-bond donors (Lipinski definition) is 2. The van der Waals surface area contributed by atoms with Gasteiger partial charge in [-0.3, -0.25) is 9.59 Å². The molecular weight excluding hydrogens is 303 g/mol. The maximum atomic E-state index is 12.1. The van der Waals surface area contributed by atoms with Gasteiger partial charge in [0.15, 0.2) is 6.61 Å². The summed E-state index contributed by atoms with van der Waals surface area (Å²) >= 11 is 0. The van der Waals surface area contributed by atoms with Crippen molar-refractivity contribution in [1.29, 1.82) is 0 Å². The Morgan fingerprint density at radius 1 is 1.36 bits per heavy atom. The molecule has 8 heteroatoms. The third-order valence-electron chi connectivity index (χ3n) is 3.42. The molecule has 0 bridgehead atoms. The second kappa shape index (κ2) is 5.51. The predicted molar refractivity (Wildman–Crippen MR) is 70.7 cm³/mol. The average Bonchev–Trinajstić information content (AvgIpc) is 3.18. The summed E-state index contributed by atoms with van der Waals surface area (Å²) in [6.07, 6.45) is -3.88. The molecule has 0 atom stereocenters. The van der Waals surface area contributed by atoms with Gasteiger partial charge >= 0.3 is 12.1 Å². The molecule has 0 radical (unpaired) electrons. The Labute approximate surface area is 124 Å². The first-order chi connectivity index (χ1) is 10.1. The van der Waals surface area contributed by atoms with Crippen LogP contribution >= 0.6 is 0 Å². The fourth-order valence-corrected chi connectivity index (χ4v) is 1.96. The van der Waals surface area contributed by atoms with Crippen molar-refractivity contribution in [3.63, 3.8) is 0 Å². The summed E-state index contributed by atoms with van der Waals surface area (Å²) in [6, 6.07) is 4.10. The third-order valence-corrected chi connectivity index (χ3v) is 3.42. The Kier molecular flexibility index (Phi) is 4.04. The summed E-state index contributed by atoms with van der Waals surface area (Å²) in [5.41, 5.74) is -0.657. The first kappa shape index (κ1) is 16.1. The van der Waals surface area contributed by atoms with E-state index in [9.17, 15) is 22.8 Å². The second-order valence-electron chi connectivity index (χ2n) is 5.23. The van der Waals surface area contributed by atoms with Gasteiger partial charge in [-0.25, -0.2) is 0 Å². The SMILES string of the molecule is Cc1cc(NC(=O)C2(C(=O)O)CC2)ccc1OCC(F)(F)F. The number of benzene rings is 1. The van der Waals surface area contributed by atoms with Crippen LogP contribution in [0.3, 0.4) is 0 Å². The summed E-state index contributed by atoms with van der Waals surface area (Å²) in [7, 11) is 0. The topological polar surface area (TPSA) is 75.6 Å². The van der Waals surface area contributed by atoms with Gasteiger partial charge in [0.2, 0.25) is 5.91 Å². The number of carboxylic acids is 1. The van der Waals surface area contributed by atoms with E-state index in [2.05, 4.69) is 10.1 Å². The molecule has 1 aromatic rings. The van der Waals surface area contributed by atoms with Crippen molar-refractivity contribution in [1.82, 2.24) is 0 Å². The number of aliphatic carboxylic acids is 1. The van der Waals surface area contributed by atoms with Crippen molar-refractivity contribution in [2.75, 3.05) is 11.9 Å². The molecule has 0 unspecified atom stereocenters. The molecule has 1 fully saturated rings. The molecule has 0 aliphatic heterocycles. The van der Waals surface area contributed by atoms with Gasteiger partial charge in [0.25, 0.3) is 0 Å². The van der Waals surface area contributed by atoms with E-state index in [4.69, 9.17) is 5.11 Å². The van der Waals surface area contributed by atoms with Gasteiger partial charge in [-0.1, -0.05) is 0 Å². The summed E-state index contributed by atoms with van der Waals surface area (Å²) < 4.78 is 40.9. The van der Waals surface area contributed by atoms with Crippen molar-refractivity contribution in [3.8, 4) is 5.75 Å². The van der Waals surface area contributed by atoms with Crippen LogP contribution < -0.4 is 10.1 Å². The zero-order valence-corrected chi connectivity index (χ0v) is 11.7. The molecule has 1 aliphatic carbocycles. The number of alkyl halides is 3. The molecule has 1 amide bonds. The van der Waals surface area contributed by atoms with Crippen molar-refractivity contribution in [3.05, 3.63) is 23.8 Å². The number of aryl methyl sites for hydroxylation is 1. The molecule has 2 rings (SSSR count). The van der Waals surface area contributed by atoms with E-state index >= 15 is 0 Å². The van der Waals surface area contributed by atoms with Crippen LogP contribution in [-0.4, -0.2) is 29.8 Å². The summed E-state index contributed by atoms with van der Waals surface area (Å²) in [6.45, 7) is 0.132. The van der Waals surface area contributed by atoms with Gasteiger partial charge < -0.3 is 15.2 Å². The van der Waals surface area contributed by atoms with Crippen LogP contribution in [0.5, 0.6) is 5.75 Å². The summed E-state index contributed by atoms with van der Waals surface area (Å²) in [5, 5.41) is 11.5. The quantitative estimate of drug-likeness (QED) is 0.819. The van der Waals surface area contributed by atoms with Gasteiger partial charge in [0, 0.05) is 5.69 Å². The summed E-state index contributed by atoms with van der Waals surface area (Å²) in [5.74, 6) is -1.75. The van der Waals surface area contributed by atoms with Gasteiger partial charge in [-0.15, -0.1) is 0 Å². The number of carbonyl (C=O) groups is 2. The molecule has 0 spiro atoms. The Morgan fingerprint density at radius 3 is 2.45 bits per heavy atom. The van der Waals surface area contributed by atoms with Crippen LogP contribution in [0, 0.1) is 12.3 Å². The number of ether oxygens (including phenoxy) is 1. The molecular formula is C14H14F3NO4. The van der Waals surface area contributed by atoms with Crippen LogP contribution in [0.25, 0.3) is 0 Å². The fourth-order valence-electron chi connectivity index (χ4n) is 1.96. The molecule has 22 heavy (non-hydrogen) atoms. The monoisotopic (exact) mass is 317 g/mol. The molecule has 0 aromatic heterocycles. The minimum absolute atomic E-state index is 0.0506. The van der Waals surface area contributed by atoms with Gasteiger partial charge in [0.05, 0.1) is 0 Å². The van der Waals surface area contributed by atoms with Crippen molar-refractivity contribution < 1.29 is 32.6 Å². The first-order valence-corrected chi connectivity index (χ1v) is 6.49. The highest BCUT2D eigenvalue weighted by atomic mass is 19.4. The lowest BCUT2D eigenvalue weighted by Crippen LogP contribution is -2.31. The number of hydrogen-bond acceptors (Lipinski definition) is 3. The van der Waals surface area contributed by atoms with Crippen molar-refractivity contribution in [2.24, 2.45) is 5.41 Å². The molecule has 0 saturated heterocycles. The Morgan fingerprint density at radius 2 is 2.00 bits per heavy atom. The highest BCUT2D eigenvalue weighted by molar-refractivity contribution is 6.10. The zero-order chi connectivity index (χ0) is 16.5. The molecule has 1 saturated carbocycles. The number of carboxylic acid groups (broad SMARTS) is 1. The van der Waals surface area contributed by atoms with Crippen LogP contribution in [0.2, 0.25) is 0 Å². The van der Waals surface area contributed by atoms with E-state index in [0.29, 0.717) is 11.3 Å². The molecule has 5 nitrogen and oxygen atoms in total. The Bertz CT molecular complexity index is 609. The number of amides is 1. The summed E-state index contributed by atoms with van der Waals surface area (Å²) in [4.78, 5) is 22.9. The number of carbonyl (C=O) groups excluding carboxylic acids is 1. The molecule has 2 N–H and O–H groups in total. The molecule has 1 aliphatic rings. The lowest BCUT2D eigenvalue weighted by molar-refractivity contribution is -0.153. The number of rotatable bonds is 5. The predicted octanol–water partition coefficient (Wildman–Crippen LogP) is 2.74. The number of nitrogens with one attached hydrogen (secondary N) is 1. The average molecular weight is 317 g/mol. The number of halogens is 3. The van der Waals surface area contributed by atoms with Crippen molar-refractivity contribution >= 4 is 17.6 Å². The fraction of sp³-hybridized carbons (Fsp3) is 0.429. The smallest absolute Gasteiger partial charge is 0.422 e. The van der Waals surface area contributed by atoms with Gasteiger partial charge in [-0.2, -0.15) is 13.2 Å². The highest BCUT2D eigenvalue weighted by Crippen LogP contribution is 2.46. The van der Waals surface area contributed by atoms with E-state index in [1.165, 1.54) is 25.1 Å². The lowest BCUT2D eigenvalue weighted by Gasteiger charge is -2.14. The van der Waals surface area contributed by atoms with Crippen LogP contribution in [-0.2, 0) is 9.59 Å². The Balaban J connectivity index is 2.04. The maximum Gasteiger partial charge on any atom is 0.422 e. The van der Waals surface area contributed by atoms with Crippen molar-refractivity contribution in [2.45, 2.75) is 25.9 Å². The van der Waals surface area contributed by atoms with E-state index in [-0.39, 0.29) is 18.6 Å². The lowest BCUT2D eigenvalue weighted by atomic mass is 10.1. The number of anilines is 1. The largest absolute Gasteiger partial charge is 0.484 e. The van der Waals surface area contributed by atoms with Crippen LogP contribution in [0.15, 0.2) is 18.2 Å². The maximum absolute atomic E-state index is 12.1. The van der Waals surface area contributed by atoms with E-state index in [1.807, 2.05) is 0 Å². The van der Waals surface area contributed by atoms with Gasteiger partial charge in [0.1, 0.15) is 11.2 Å². The minimum Gasteiger partial charge on any atom is -0.484 e. The third kappa shape index (κ3) is 3.49. The molecule has 1 aromatic carbocycles. The van der Waals surface area contributed by atoms with Gasteiger partial charge in [-0.05, 0) is 43.5 Å². The highest BCUT2D eigenvalue weighted by Gasteiger charge is 2.57. The van der Waals surface area contributed by atoms with E-state index < -0.39 is 30.1 Å². The standard InChI is InChI=1S/C14H14F3NO4/c1-8-6-9(2-3-10(8)22-7-14(15,16)17)18-11(19)13(4-5-13)12(20)21/h2-3,6H,4-5,7H2,1H3,(H,18,19)(H,20,21). The second-order valence-corrected chi connectivity index (χ2v) is 5.23. The first-order valence-electron chi connectivity index (χ1n) is 6.49. The molecule has 120 valence electrons. The minimum atomic E-state index is -4.43. The normalized spacial score (nSPS) is 16.0. The van der Waals surface area contributed by atoms with E-state index in [1.54, 1.807) is 0 Å². The Hall–Kier alpha value is -2.25. The van der Waals surface area contributed by atoms with E-state index in [0.717, 1.165) is 0 Å². The molecule has 0 heterocycles. The zero-order valence-electron chi connectivity index (χ0n) is 11.7. The van der Waals surface area contributed by atoms with Crippen LogP contribution in [0.4, 0.5) is 18.9 Å².